The maximum absolute atomic E-state index is 13.2. The summed E-state index contributed by atoms with van der Waals surface area (Å²) in [5.41, 5.74) is 4.27. The Labute approximate surface area is 211 Å². The molecule has 1 unspecified atom stereocenters. The van der Waals surface area contributed by atoms with Crippen LogP contribution in [0.3, 0.4) is 0 Å². The summed E-state index contributed by atoms with van der Waals surface area (Å²) in [6.45, 7) is 2.48. The zero-order valence-electron chi connectivity index (χ0n) is 20.6. The van der Waals surface area contributed by atoms with Crippen LogP contribution in [-0.2, 0) is 14.8 Å². The van der Waals surface area contributed by atoms with Crippen LogP contribution in [0, 0.1) is 0 Å². The molecule has 9 heteroatoms. The zero-order valence-corrected chi connectivity index (χ0v) is 21.4. The van der Waals surface area contributed by atoms with E-state index in [0.29, 0.717) is 34.9 Å². The van der Waals surface area contributed by atoms with Crippen molar-refractivity contribution in [3.63, 3.8) is 0 Å². The van der Waals surface area contributed by atoms with Crippen LogP contribution in [0.4, 0.5) is 17.1 Å². The number of fused-ring (bicyclic) bond motifs is 1. The molecule has 1 N–H and O–H groups in total. The first-order valence-electron chi connectivity index (χ1n) is 11.5. The molecule has 4 rings (SSSR count). The number of anilines is 2. The van der Waals surface area contributed by atoms with Crippen molar-refractivity contribution in [2.75, 3.05) is 36.5 Å². The predicted molar refractivity (Wildman–Crippen MR) is 143 cm³/mol. The molecule has 8 nitrogen and oxygen atoms in total. The minimum absolute atomic E-state index is 0.117. The van der Waals surface area contributed by atoms with Crippen molar-refractivity contribution >= 4 is 44.6 Å². The standard InChI is InChI=1S/C27H28N4O4S/c1-5-30(2)27(33)19-11-16-22-23(17-19)29-26(32)24(22)25(18-9-7-6-8-10-18)28-20-12-14-21(15-13-20)31(3)36(4,34)35/h6-17,24H,5H2,1-4H3,(H,29,32). The van der Waals surface area contributed by atoms with Crippen LogP contribution in [0.2, 0.25) is 0 Å². The lowest BCUT2D eigenvalue weighted by Crippen LogP contribution is -2.26. The van der Waals surface area contributed by atoms with Gasteiger partial charge in [-0.25, -0.2) is 8.42 Å². The molecule has 0 fully saturated rings. The van der Waals surface area contributed by atoms with Gasteiger partial charge in [-0.2, -0.15) is 0 Å². The maximum Gasteiger partial charge on any atom is 0.253 e. The molecule has 0 saturated heterocycles. The Morgan fingerprint density at radius 2 is 1.64 bits per heavy atom. The van der Waals surface area contributed by atoms with E-state index in [2.05, 4.69) is 5.32 Å². The number of nitrogens with one attached hydrogen (secondary N) is 1. The summed E-state index contributed by atoms with van der Waals surface area (Å²) in [6.07, 6.45) is 1.14. The van der Waals surface area contributed by atoms with Gasteiger partial charge in [0.25, 0.3) is 5.91 Å². The van der Waals surface area contributed by atoms with Gasteiger partial charge in [0.1, 0.15) is 5.92 Å². The largest absolute Gasteiger partial charge is 0.342 e. The van der Waals surface area contributed by atoms with E-state index in [-0.39, 0.29) is 11.8 Å². The van der Waals surface area contributed by atoms with Gasteiger partial charge >= 0.3 is 0 Å². The second-order valence-corrected chi connectivity index (χ2v) is 10.7. The van der Waals surface area contributed by atoms with Gasteiger partial charge in [-0.05, 0) is 54.4 Å². The van der Waals surface area contributed by atoms with Gasteiger partial charge in [0, 0.05) is 31.9 Å². The zero-order chi connectivity index (χ0) is 26.0. The van der Waals surface area contributed by atoms with Crippen molar-refractivity contribution in [2.45, 2.75) is 12.8 Å². The van der Waals surface area contributed by atoms with Gasteiger partial charge in [0.2, 0.25) is 15.9 Å². The van der Waals surface area contributed by atoms with Crippen LogP contribution >= 0.6 is 0 Å². The Hall–Kier alpha value is -3.98. The Bertz CT molecular complexity index is 1430. The van der Waals surface area contributed by atoms with E-state index in [4.69, 9.17) is 4.99 Å². The molecule has 0 spiro atoms. The maximum atomic E-state index is 13.2. The second kappa shape index (κ2) is 9.94. The summed E-state index contributed by atoms with van der Waals surface area (Å²) in [5, 5.41) is 2.91. The normalized spacial score (nSPS) is 15.3. The highest BCUT2D eigenvalue weighted by Crippen LogP contribution is 2.37. The van der Waals surface area contributed by atoms with Gasteiger partial charge < -0.3 is 10.2 Å². The summed E-state index contributed by atoms with van der Waals surface area (Å²) < 4.78 is 24.9. The van der Waals surface area contributed by atoms with E-state index in [1.165, 1.54) is 11.4 Å². The van der Waals surface area contributed by atoms with Gasteiger partial charge in [-0.3, -0.25) is 18.9 Å². The Balaban J connectivity index is 1.76. The molecule has 1 atom stereocenters. The van der Waals surface area contributed by atoms with Crippen LogP contribution in [0.15, 0.2) is 77.8 Å². The molecule has 0 aliphatic carbocycles. The fraction of sp³-hybridized carbons (Fsp3) is 0.222. The SMILES string of the molecule is CCN(C)C(=O)c1ccc2c(c1)NC(=O)C2C(=Nc1ccc(N(C)S(C)(=O)=O)cc1)c1ccccc1. The van der Waals surface area contributed by atoms with E-state index in [0.717, 1.165) is 17.4 Å². The summed E-state index contributed by atoms with van der Waals surface area (Å²) in [7, 11) is -0.170. The fourth-order valence-electron chi connectivity index (χ4n) is 4.00. The molecule has 1 aliphatic rings. The minimum Gasteiger partial charge on any atom is -0.342 e. The molecular formula is C27H28N4O4S. The topological polar surface area (TPSA) is 99.2 Å². The van der Waals surface area contributed by atoms with Crippen molar-refractivity contribution in [1.29, 1.82) is 0 Å². The first-order chi connectivity index (χ1) is 17.1. The molecule has 0 saturated carbocycles. The second-order valence-electron chi connectivity index (χ2n) is 8.65. The first-order valence-corrected chi connectivity index (χ1v) is 13.3. The molecule has 186 valence electrons. The molecule has 0 aromatic heterocycles. The number of carbonyl (C=O) groups is 2. The molecular weight excluding hydrogens is 476 g/mol. The number of hydrogen-bond donors (Lipinski definition) is 1. The molecule has 3 aromatic rings. The van der Waals surface area contributed by atoms with Gasteiger partial charge in [0.05, 0.1) is 23.3 Å². The summed E-state index contributed by atoms with van der Waals surface area (Å²) >= 11 is 0. The third kappa shape index (κ3) is 5.01. The minimum atomic E-state index is -3.39. The lowest BCUT2D eigenvalue weighted by Gasteiger charge is -2.17. The van der Waals surface area contributed by atoms with Crippen LogP contribution in [0.25, 0.3) is 0 Å². The van der Waals surface area contributed by atoms with Gasteiger partial charge in [-0.1, -0.05) is 36.4 Å². The van der Waals surface area contributed by atoms with Crippen LogP contribution < -0.4 is 9.62 Å². The van der Waals surface area contributed by atoms with E-state index in [9.17, 15) is 18.0 Å². The third-order valence-electron chi connectivity index (χ3n) is 6.26. The van der Waals surface area contributed by atoms with Gasteiger partial charge in [0.15, 0.2) is 0 Å². The molecule has 3 aromatic carbocycles. The monoisotopic (exact) mass is 504 g/mol. The first kappa shape index (κ1) is 25.1. The fourth-order valence-corrected chi connectivity index (χ4v) is 4.51. The summed E-state index contributed by atoms with van der Waals surface area (Å²) in [4.78, 5) is 32.3. The van der Waals surface area contributed by atoms with Crippen molar-refractivity contribution in [3.05, 3.63) is 89.5 Å². The highest BCUT2D eigenvalue weighted by Gasteiger charge is 2.36. The van der Waals surface area contributed by atoms with Gasteiger partial charge in [-0.15, -0.1) is 0 Å². The third-order valence-corrected chi connectivity index (χ3v) is 7.46. The van der Waals surface area contributed by atoms with Crippen LogP contribution in [-0.4, -0.2) is 57.7 Å². The summed E-state index contributed by atoms with van der Waals surface area (Å²) in [6, 6.07) is 21.5. The highest BCUT2D eigenvalue weighted by atomic mass is 32.2. The van der Waals surface area contributed by atoms with E-state index >= 15 is 0 Å². The lowest BCUT2D eigenvalue weighted by atomic mass is 9.90. The molecule has 1 heterocycles. The predicted octanol–water partition coefficient (Wildman–Crippen LogP) is 4.03. The molecule has 36 heavy (non-hydrogen) atoms. The number of amides is 2. The number of hydrogen-bond acceptors (Lipinski definition) is 5. The van der Waals surface area contributed by atoms with Crippen LogP contribution in [0.1, 0.15) is 34.3 Å². The van der Waals surface area contributed by atoms with Crippen molar-refractivity contribution in [1.82, 2.24) is 4.90 Å². The number of benzene rings is 3. The molecule has 2 amide bonds. The van der Waals surface area contributed by atoms with Crippen molar-refractivity contribution in [2.24, 2.45) is 4.99 Å². The number of carbonyl (C=O) groups excluding carboxylic acids is 2. The Morgan fingerprint density at radius 3 is 2.25 bits per heavy atom. The van der Waals surface area contributed by atoms with Crippen molar-refractivity contribution in [3.8, 4) is 0 Å². The smallest absolute Gasteiger partial charge is 0.253 e. The molecule has 0 radical (unpaired) electrons. The average Bonchev–Trinajstić information content (AvgIpc) is 3.20. The number of nitrogens with zero attached hydrogens (tertiary/aromatic N) is 3. The average molecular weight is 505 g/mol. The van der Waals surface area contributed by atoms with Crippen LogP contribution in [0.5, 0.6) is 0 Å². The number of rotatable bonds is 7. The number of aliphatic imine (C=N–C) groups is 1. The van der Waals surface area contributed by atoms with Crippen molar-refractivity contribution < 1.29 is 18.0 Å². The highest BCUT2D eigenvalue weighted by molar-refractivity contribution is 7.92. The Morgan fingerprint density at radius 1 is 0.972 bits per heavy atom. The molecule has 1 aliphatic heterocycles. The van der Waals surface area contributed by atoms with E-state index in [1.54, 1.807) is 54.4 Å². The Kier molecular flexibility index (Phi) is 6.94. The summed E-state index contributed by atoms with van der Waals surface area (Å²) in [5.74, 6) is -1.02. The quantitative estimate of drug-likeness (QED) is 0.491. The lowest BCUT2D eigenvalue weighted by molar-refractivity contribution is -0.115. The van der Waals surface area contributed by atoms with E-state index in [1.807, 2.05) is 37.3 Å². The number of sulfonamides is 1. The van der Waals surface area contributed by atoms with E-state index < -0.39 is 15.9 Å². The molecule has 0 bridgehead atoms.